The zero-order valence-corrected chi connectivity index (χ0v) is 13.6. The third-order valence-electron chi connectivity index (χ3n) is 3.82. The molecule has 8 heteroatoms. The monoisotopic (exact) mass is 371 g/mol. The van der Waals surface area contributed by atoms with Crippen molar-refractivity contribution in [2.24, 2.45) is 0 Å². The second kappa shape index (κ2) is 7.92. The van der Waals surface area contributed by atoms with Crippen LogP contribution in [0.5, 0.6) is 11.5 Å². The molecule has 1 N–H and O–H groups in total. The predicted molar refractivity (Wildman–Crippen MR) is 85.5 cm³/mol. The molecular weight excluding hydrogens is 354 g/mol. The highest BCUT2D eigenvalue weighted by atomic mass is 19.4. The Bertz CT molecular complexity index is 718. The Morgan fingerprint density at radius 1 is 1.08 bits per heavy atom. The zero-order valence-electron chi connectivity index (χ0n) is 13.6. The molecule has 0 radical (unpaired) electrons. The number of para-hydroxylation sites is 1. The van der Waals surface area contributed by atoms with E-state index in [1.807, 2.05) is 0 Å². The Balaban J connectivity index is 1.94. The molecule has 1 aliphatic rings. The molecule has 1 fully saturated rings. The average Bonchev–Trinajstić information content (AvgIpc) is 2.62. The first-order valence-corrected chi connectivity index (χ1v) is 8.02. The third-order valence-corrected chi connectivity index (χ3v) is 3.82. The van der Waals surface area contributed by atoms with Crippen LogP contribution in [0.4, 0.5) is 17.6 Å². The number of nitrogens with one attached hydrogen (secondary N) is 1. The molecule has 0 saturated carbocycles. The highest BCUT2D eigenvalue weighted by Gasteiger charge is 2.35. The zero-order chi connectivity index (χ0) is 18.6. The van der Waals surface area contributed by atoms with E-state index >= 15 is 0 Å². The van der Waals surface area contributed by atoms with E-state index in [1.54, 1.807) is 30.3 Å². The van der Waals surface area contributed by atoms with Gasteiger partial charge >= 0.3 is 6.36 Å². The quantitative estimate of drug-likeness (QED) is 0.811. The van der Waals surface area contributed by atoms with Gasteiger partial charge in [0, 0.05) is 13.1 Å². The fraction of sp³-hybridized carbons (Fsp3) is 0.333. The van der Waals surface area contributed by atoms with E-state index in [-0.39, 0.29) is 0 Å². The molecule has 0 bridgehead atoms. The van der Waals surface area contributed by atoms with E-state index in [2.05, 4.69) is 10.1 Å². The molecule has 0 aliphatic carbocycles. The van der Waals surface area contributed by atoms with Gasteiger partial charge in [0.25, 0.3) is 0 Å². The molecule has 26 heavy (non-hydrogen) atoms. The molecule has 0 amide bonds. The maximum atomic E-state index is 14.2. The van der Waals surface area contributed by atoms with E-state index in [9.17, 15) is 17.6 Å². The third kappa shape index (κ3) is 4.64. The number of hydrogen-bond acceptors (Lipinski definition) is 4. The maximum Gasteiger partial charge on any atom is 0.573 e. The van der Waals surface area contributed by atoms with Gasteiger partial charge in [-0.1, -0.05) is 36.4 Å². The topological polar surface area (TPSA) is 39.7 Å². The number of alkyl halides is 3. The Hall–Kier alpha value is -2.32. The Kier molecular flexibility index (Phi) is 5.63. The second-order valence-electron chi connectivity index (χ2n) is 5.68. The van der Waals surface area contributed by atoms with Crippen molar-refractivity contribution in [2.45, 2.75) is 18.6 Å². The molecule has 1 saturated heterocycles. The van der Waals surface area contributed by atoms with Crippen LogP contribution in [0.2, 0.25) is 0 Å². The van der Waals surface area contributed by atoms with Crippen molar-refractivity contribution in [3.63, 3.8) is 0 Å². The van der Waals surface area contributed by atoms with Gasteiger partial charge in [0.2, 0.25) is 0 Å². The number of morpholine rings is 1. The SMILES string of the molecule is Fc1cccc(OC(F)(F)F)c1OC(c1ccccc1)[C@@H]1CNCCO1. The summed E-state index contributed by atoms with van der Waals surface area (Å²) in [4.78, 5) is 0. The Labute approximate surface area is 147 Å². The van der Waals surface area contributed by atoms with Crippen molar-refractivity contribution in [2.75, 3.05) is 19.7 Å². The van der Waals surface area contributed by atoms with Crippen LogP contribution in [-0.2, 0) is 4.74 Å². The van der Waals surface area contributed by atoms with Crippen LogP contribution in [0.1, 0.15) is 11.7 Å². The van der Waals surface area contributed by atoms with Gasteiger partial charge in [-0.2, -0.15) is 0 Å². The highest BCUT2D eigenvalue weighted by Crippen LogP contribution is 2.38. The van der Waals surface area contributed by atoms with Crippen molar-refractivity contribution in [3.05, 3.63) is 59.9 Å². The van der Waals surface area contributed by atoms with Gasteiger partial charge in [-0.15, -0.1) is 13.2 Å². The highest BCUT2D eigenvalue weighted by molar-refractivity contribution is 5.42. The van der Waals surface area contributed by atoms with E-state index in [4.69, 9.17) is 9.47 Å². The van der Waals surface area contributed by atoms with Crippen molar-refractivity contribution in [3.8, 4) is 11.5 Å². The summed E-state index contributed by atoms with van der Waals surface area (Å²) in [7, 11) is 0. The Morgan fingerprint density at radius 3 is 2.50 bits per heavy atom. The first kappa shape index (κ1) is 18.5. The van der Waals surface area contributed by atoms with Crippen LogP contribution < -0.4 is 14.8 Å². The second-order valence-corrected chi connectivity index (χ2v) is 5.68. The largest absolute Gasteiger partial charge is 0.573 e. The molecule has 2 atom stereocenters. The minimum Gasteiger partial charge on any atom is -0.476 e. The van der Waals surface area contributed by atoms with E-state index in [0.717, 1.165) is 18.2 Å². The van der Waals surface area contributed by atoms with Crippen molar-refractivity contribution in [1.82, 2.24) is 5.32 Å². The minimum atomic E-state index is -4.96. The van der Waals surface area contributed by atoms with Gasteiger partial charge in [0.15, 0.2) is 23.4 Å². The van der Waals surface area contributed by atoms with Gasteiger partial charge in [0.1, 0.15) is 6.10 Å². The first-order valence-electron chi connectivity index (χ1n) is 8.02. The lowest BCUT2D eigenvalue weighted by Gasteiger charge is -2.32. The predicted octanol–water partition coefficient (Wildman–Crippen LogP) is 3.83. The van der Waals surface area contributed by atoms with Crippen LogP contribution in [0, 0.1) is 5.82 Å². The van der Waals surface area contributed by atoms with E-state index < -0.39 is 35.9 Å². The minimum absolute atomic E-state index is 0.417. The van der Waals surface area contributed by atoms with Crippen molar-refractivity contribution in [1.29, 1.82) is 0 Å². The number of benzene rings is 2. The molecule has 1 aliphatic heterocycles. The molecule has 140 valence electrons. The van der Waals surface area contributed by atoms with E-state index in [0.29, 0.717) is 25.3 Å². The van der Waals surface area contributed by atoms with Gasteiger partial charge in [-0.3, -0.25) is 0 Å². The van der Waals surface area contributed by atoms with Crippen molar-refractivity contribution < 1.29 is 31.8 Å². The normalized spacial score (nSPS) is 19.0. The average molecular weight is 371 g/mol. The van der Waals surface area contributed by atoms with Gasteiger partial charge in [0.05, 0.1) is 6.61 Å². The van der Waals surface area contributed by atoms with Gasteiger partial charge in [-0.25, -0.2) is 4.39 Å². The van der Waals surface area contributed by atoms with Gasteiger partial charge in [-0.05, 0) is 17.7 Å². The summed E-state index contributed by atoms with van der Waals surface area (Å²) in [5, 5.41) is 3.13. The van der Waals surface area contributed by atoms with Crippen LogP contribution >= 0.6 is 0 Å². The number of rotatable bonds is 5. The van der Waals surface area contributed by atoms with Crippen LogP contribution in [0.3, 0.4) is 0 Å². The van der Waals surface area contributed by atoms with Crippen LogP contribution in [-0.4, -0.2) is 32.2 Å². The fourth-order valence-electron chi connectivity index (χ4n) is 2.72. The van der Waals surface area contributed by atoms with Crippen molar-refractivity contribution >= 4 is 0 Å². The molecule has 1 unspecified atom stereocenters. The molecule has 1 heterocycles. The molecule has 2 aromatic rings. The summed E-state index contributed by atoms with van der Waals surface area (Å²) in [5.74, 6) is -2.29. The molecule has 3 rings (SSSR count). The molecule has 0 spiro atoms. The fourth-order valence-corrected chi connectivity index (χ4v) is 2.72. The number of hydrogen-bond donors (Lipinski definition) is 1. The first-order chi connectivity index (χ1) is 12.4. The summed E-state index contributed by atoms with van der Waals surface area (Å²) in [6.45, 7) is 1.49. The van der Waals surface area contributed by atoms with Gasteiger partial charge < -0.3 is 19.5 Å². The standard InChI is InChI=1S/C18H17F4NO3/c19-13-7-4-8-14(26-18(20,21)22)17(13)25-16(12-5-2-1-3-6-12)15-11-23-9-10-24-15/h1-8,15-16,23H,9-11H2/t15-,16?/m0/s1. The van der Waals surface area contributed by atoms with Crippen LogP contribution in [0.25, 0.3) is 0 Å². The van der Waals surface area contributed by atoms with E-state index in [1.165, 1.54) is 0 Å². The lowest BCUT2D eigenvalue weighted by Crippen LogP contribution is -2.43. The lowest BCUT2D eigenvalue weighted by molar-refractivity contribution is -0.275. The molecule has 4 nitrogen and oxygen atoms in total. The summed E-state index contributed by atoms with van der Waals surface area (Å²) in [6, 6.07) is 11.9. The lowest BCUT2D eigenvalue weighted by atomic mass is 10.0. The Morgan fingerprint density at radius 2 is 1.85 bits per heavy atom. The summed E-state index contributed by atoms with van der Waals surface area (Å²) < 4.78 is 67.4. The molecular formula is C18H17F4NO3. The molecule has 2 aromatic carbocycles. The maximum absolute atomic E-state index is 14.2. The number of halogens is 4. The summed E-state index contributed by atoms with van der Waals surface area (Å²) >= 11 is 0. The summed E-state index contributed by atoms with van der Waals surface area (Å²) in [6.07, 6.45) is -6.27. The molecule has 0 aromatic heterocycles. The number of ether oxygens (including phenoxy) is 3. The summed E-state index contributed by atoms with van der Waals surface area (Å²) in [5.41, 5.74) is 0.655. The smallest absolute Gasteiger partial charge is 0.476 e. The van der Waals surface area contributed by atoms with Crippen LogP contribution in [0.15, 0.2) is 48.5 Å².